The summed E-state index contributed by atoms with van der Waals surface area (Å²) in [5, 5.41) is 10.9. The Kier molecular flexibility index (Phi) is 6.68. The predicted octanol–water partition coefficient (Wildman–Crippen LogP) is 4.62. The molecular formula is C26H20N2O7. The van der Waals surface area contributed by atoms with Crippen molar-refractivity contribution in [1.29, 1.82) is 0 Å². The summed E-state index contributed by atoms with van der Waals surface area (Å²) in [4.78, 5) is 48.4. The highest BCUT2D eigenvalue weighted by molar-refractivity contribution is 6.08. The van der Waals surface area contributed by atoms with Gasteiger partial charge in [0.15, 0.2) is 5.78 Å². The largest absolute Gasteiger partial charge is 0.462 e. The van der Waals surface area contributed by atoms with Crippen LogP contribution in [0.5, 0.6) is 0 Å². The summed E-state index contributed by atoms with van der Waals surface area (Å²) in [6, 6.07) is 16.7. The highest BCUT2D eigenvalue weighted by atomic mass is 16.6. The monoisotopic (exact) mass is 472 g/mol. The summed E-state index contributed by atoms with van der Waals surface area (Å²) < 4.78 is 11.8. The zero-order valence-corrected chi connectivity index (χ0v) is 18.7. The molecule has 2 aromatic heterocycles. The normalized spacial score (nSPS) is 11.1. The molecule has 176 valence electrons. The van der Waals surface area contributed by atoms with Gasteiger partial charge < -0.3 is 13.7 Å². The van der Waals surface area contributed by atoms with E-state index in [1.807, 2.05) is 30.3 Å². The Morgan fingerprint density at radius 1 is 1.11 bits per heavy atom. The van der Waals surface area contributed by atoms with Crippen LogP contribution >= 0.6 is 0 Å². The number of nitro groups is 1. The SMILES string of the molecule is CCOC(=O)c1cn(Cc2ccccc2)c2ccc(C(=O)/C=C/c3ccc([N+](=O)[O-])o3)cc2c1=O. The van der Waals surface area contributed by atoms with Crippen molar-refractivity contribution in [3.05, 3.63) is 116 Å². The van der Waals surface area contributed by atoms with Gasteiger partial charge in [-0.1, -0.05) is 30.3 Å². The van der Waals surface area contributed by atoms with Crippen LogP contribution in [0.4, 0.5) is 5.88 Å². The van der Waals surface area contributed by atoms with Crippen molar-refractivity contribution >= 4 is 34.6 Å². The van der Waals surface area contributed by atoms with Crippen LogP contribution < -0.4 is 5.43 Å². The number of allylic oxidation sites excluding steroid dienone is 1. The minimum absolute atomic E-state index is 0.114. The third-order valence-corrected chi connectivity index (χ3v) is 5.25. The number of ketones is 1. The van der Waals surface area contributed by atoms with Gasteiger partial charge in [0, 0.05) is 23.7 Å². The molecule has 4 aromatic rings. The first kappa shape index (κ1) is 23.4. The summed E-state index contributed by atoms with van der Waals surface area (Å²) in [5.41, 5.74) is 1.05. The molecule has 0 aliphatic carbocycles. The van der Waals surface area contributed by atoms with Crippen LogP contribution in [0.3, 0.4) is 0 Å². The Hall–Kier alpha value is -4.79. The Balaban J connectivity index is 1.75. The van der Waals surface area contributed by atoms with Crippen LogP contribution in [0, 0.1) is 10.1 Å². The van der Waals surface area contributed by atoms with Gasteiger partial charge in [-0.05, 0) is 48.9 Å². The number of esters is 1. The molecule has 9 nitrogen and oxygen atoms in total. The van der Waals surface area contributed by atoms with E-state index in [9.17, 15) is 24.5 Å². The molecule has 0 bridgehead atoms. The second-order valence-corrected chi connectivity index (χ2v) is 7.57. The van der Waals surface area contributed by atoms with Crippen LogP contribution in [-0.2, 0) is 11.3 Å². The summed E-state index contributed by atoms with van der Waals surface area (Å²) in [7, 11) is 0. The molecule has 0 radical (unpaired) electrons. The molecule has 2 aromatic carbocycles. The van der Waals surface area contributed by atoms with E-state index in [4.69, 9.17) is 9.15 Å². The van der Waals surface area contributed by atoms with Gasteiger partial charge in [-0.25, -0.2) is 4.79 Å². The fourth-order valence-corrected chi connectivity index (χ4v) is 3.60. The van der Waals surface area contributed by atoms with Crippen molar-refractivity contribution in [3.63, 3.8) is 0 Å². The zero-order valence-electron chi connectivity index (χ0n) is 18.7. The number of fused-ring (bicyclic) bond motifs is 1. The first-order chi connectivity index (χ1) is 16.9. The van der Waals surface area contributed by atoms with Crippen LogP contribution in [0.2, 0.25) is 0 Å². The number of carbonyl (C=O) groups excluding carboxylic acids is 2. The number of ether oxygens (including phenoxy) is 1. The first-order valence-electron chi connectivity index (χ1n) is 10.7. The second-order valence-electron chi connectivity index (χ2n) is 7.57. The number of pyridine rings is 1. The molecule has 0 aliphatic heterocycles. The van der Waals surface area contributed by atoms with Gasteiger partial charge in [0.2, 0.25) is 5.43 Å². The minimum atomic E-state index is -0.739. The molecule has 35 heavy (non-hydrogen) atoms. The molecule has 0 saturated heterocycles. The van der Waals surface area contributed by atoms with Crippen molar-refractivity contribution in [2.24, 2.45) is 0 Å². The second kappa shape index (κ2) is 10.0. The molecule has 0 N–H and O–H groups in total. The van der Waals surface area contributed by atoms with E-state index >= 15 is 0 Å². The highest BCUT2D eigenvalue weighted by Gasteiger charge is 2.18. The van der Waals surface area contributed by atoms with E-state index in [0.717, 1.165) is 5.56 Å². The number of benzene rings is 2. The van der Waals surface area contributed by atoms with Gasteiger partial charge in [0.05, 0.1) is 18.2 Å². The van der Waals surface area contributed by atoms with E-state index in [0.29, 0.717) is 12.1 Å². The maximum absolute atomic E-state index is 13.1. The molecule has 0 aliphatic rings. The summed E-state index contributed by atoms with van der Waals surface area (Å²) in [5.74, 6) is -1.48. The smallest absolute Gasteiger partial charge is 0.433 e. The number of furan rings is 1. The van der Waals surface area contributed by atoms with Gasteiger partial charge in [-0.2, -0.15) is 0 Å². The topological polar surface area (TPSA) is 122 Å². The lowest BCUT2D eigenvalue weighted by Crippen LogP contribution is -2.21. The van der Waals surface area contributed by atoms with Crippen molar-refractivity contribution in [2.75, 3.05) is 6.61 Å². The minimum Gasteiger partial charge on any atom is -0.462 e. The van der Waals surface area contributed by atoms with E-state index in [1.165, 1.54) is 36.5 Å². The lowest BCUT2D eigenvalue weighted by atomic mass is 10.0. The maximum Gasteiger partial charge on any atom is 0.433 e. The standard InChI is InChI=1S/C26H20N2O7/c1-2-34-26(31)21-16-27(15-17-6-4-3-5-7-17)22-11-8-18(14-20(22)25(21)30)23(29)12-9-19-10-13-24(35-19)28(32)33/h3-14,16H,2,15H2,1H3/b12-9+. The molecule has 0 saturated carbocycles. The Labute approximate surface area is 199 Å². The lowest BCUT2D eigenvalue weighted by Gasteiger charge is -2.14. The fourth-order valence-electron chi connectivity index (χ4n) is 3.60. The van der Waals surface area contributed by atoms with E-state index in [1.54, 1.807) is 23.6 Å². The molecule has 0 amide bonds. The average Bonchev–Trinajstić information content (AvgIpc) is 3.34. The van der Waals surface area contributed by atoms with Crippen LogP contribution in [-0.4, -0.2) is 27.8 Å². The molecule has 0 fully saturated rings. The first-order valence-corrected chi connectivity index (χ1v) is 10.7. The Morgan fingerprint density at radius 2 is 1.89 bits per heavy atom. The molecule has 2 heterocycles. The zero-order chi connectivity index (χ0) is 24.9. The number of rotatable bonds is 8. The van der Waals surface area contributed by atoms with Crippen molar-refractivity contribution in [1.82, 2.24) is 4.57 Å². The quantitative estimate of drug-likeness (QED) is 0.121. The van der Waals surface area contributed by atoms with Gasteiger partial charge in [0.1, 0.15) is 16.2 Å². The maximum atomic E-state index is 13.1. The van der Waals surface area contributed by atoms with Crippen LogP contribution in [0.25, 0.3) is 17.0 Å². The van der Waals surface area contributed by atoms with Crippen molar-refractivity contribution in [3.8, 4) is 0 Å². The van der Waals surface area contributed by atoms with Crippen molar-refractivity contribution < 1.29 is 23.7 Å². The summed E-state index contributed by atoms with van der Waals surface area (Å²) in [6.07, 6.45) is 3.98. The summed E-state index contributed by atoms with van der Waals surface area (Å²) in [6.45, 7) is 2.16. The predicted molar refractivity (Wildman–Crippen MR) is 128 cm³/mol. The number of carbonyl (C=O) groups is 2. The van der Waals surface area contributed by atoms with Crippen LogP contribution in [0.1, 0.15) is 39.0 Å². The Morgan fingerprint density at radius 3 is 2.57 bits per heavy atom. The molecule has 4 rings (SSSR count). The number of hydrogen-bond acceptors (Lipinski definition) is 7. The van der Waals surface area contributed by atoms with Crippen LogP contribution in [0.15, 0.2) is 82.1 Å². The van der Waals surface area contributed by atoms with Gasteiger partial charge in [-0.15, -0.1) is 0 Å². The number of aromatic nitrogens is 1. The van der Waals surface area contributed by atoms with Crippen molar-refractivity contribution in [2.45, 2.75) is 13.5 Å². The number of hydrogen-bond donors (Lipinski definition) is 0. The van der Waals surface area contributed by atoms with Gasteiger partial charge in [0.25, 0.3) is 0 Å². The Bertz CT molecular complexity index is 1510. The number of nitrogens with zero attached hydrogens (tertiary/aromatic N) is 2. The van der Waals surface area contributed by atoms with E-state index < -0.39 is 28.0 Å². The molecule has 0 unspecified atom stereocenters. The lowest BCUT2D eigenvalue weighted by molar-refractivity contribution is -0.402. The molecule has 9 heteroatoms. The molecular weight excluding hydrogens is 452 g/mol. The summed E-state index contributed by atoms with van der Waals surface area (Å²) >= 11 is 0. The average molecular weight is 472 g/mol. The molecule has 0 spiro atoms. The molecule has 0 atom stereocenters. The third-order valence-electron chi connectivity index (χ3n) is 5.25. The van der Waals surface area contributed by atoms with E-state index in [-0.39, 0.29) is 28.9 Å². The highest BCUT2D eigenvalue weighted by Crippen LogP contribution is 2.19. The van der Waals surface area contributed by atoms with Gasteiger partial charge in [-0.3, -0.25) is 19.7 Å². The van der Waals surface area contributed by atoms with Gasteiger partial charge >= 0.3 is 11.9 Å². The van der Waals surface area contributed by atoms with E-state index in [2.05, 4.69) is 0 Å². The fraction of sp³-hybridized carbons (Fsp3) is 0.115. The third kappa shape index (κ3) is 5.09.